The Bertz CT molecular complexity index is 439. The van der Waals surface area contributed by atoms with Crippen LogP contribution in [0.15, 0.2) is 36.9 Å². The van der Waals surface area contributed by atoms with Gasteiger partial charge in [0.2, 0.25) is 0 Å². The molecule has 5 heteroatoms. The summed E-state index contributed by atoms with van der Waals surface area (Å²) in [5.74, 6) is 0. The zero-order chi connectivity index (χ0) is 10.8. The van der Waals surface area contributed by atoms with E-state index in [0.29, 0.717) is 6.04 Å². The van der Waals surface area contributed by atoms with Crippen molar-refractivity contribution in [3.05, 3.63) is 36.9 Å². The van der Waals surface area contributed by atoms with Gasteiger partial charge in [-0.3, -0.25) is 4.98 Å². The fourth-order valence-electron chi connectivity index (χ4n) is 2.16. The van der Waals surface area contributed by atoms with Crippen molar-refractivity contribution in [3.8, 4) is 0 Å². The van der Waals surface area contributed by atoms with Gasteiger partial charge in [0.25, 0.3) is 0 Å². The maximum atomic E-state index is 4.05. The molecular formula is C11H13N5. The van der Waals surface area contributed by atoms with Gasteiger partial charge in [0, 0.05) is 37.4 Å². The average Bonchev–Trinajstić information content (AvgIpc) is 3.01. The summed E-state index contributed by atoms with van der Waals surface area (Å²) in [6, 6.07) is 4.53. The van der Waals surface area contributed by atoms with Crippen LogP contribution in [0.25, 0.3) is 0 Å². The Hall–Kier alpha value is -1.91. The third-order valence-corrected chi connectivity index (χ3v) is 3.01. The zero-order valence-corrected chi connectivity index (χ0v) is 8.90. The number of anilines is 1. The molecule has 0 bridgehead atoms. The smallest absolute Gasteiger partial charge is 0.0728 e. The highest BCUT2D eigenvalue weighted by Gasteiger charge is 2.24. The van der Waals surface area contributed by atoms with Crippen molar-refractivity contribution in [1.29, 1.82) is 0 Å². The van der Waals surface area contributed by atoms with Crippen LogP contribution in [-0.2, 0) is 0 Å². The third-order valence-electron chi connectivity index (χ3n) is 3.01. The highest BCUT2D eigenvalue weighted by atomic mass is 15.4. The van der Waals surface area contributed by atoms with Crippen LogP contribution in [0.2, 0.25) is 0 Å². The van der Waals surface area contributed by atoms with Gasteiger partial charge in [-0.25, -0.2) is 4.68 Å². The van der Waals surface area contributed by atoms with E-state index in [9.17, 15) is 0 Å². The van der Waals surface area contributed by atoms with Gasteiger partial charge in [-0.15, -0.1) is 5.10 Å². The molecule has 1 saturated heterocycles. The second kappa shape index (κ2) is 3.92. The number of rotatable bonds is 2. The van der Waals surface area contributed by atoms with Crippen LogP contribution in [0.5, 0.6) is 0 Å². The van der Waals surface area contributed by atoms with Gasteiger partial charge in [-0.1, -0.05) is 5.21 Å². The second-order valence-electron chi connectivity index (χ2n) is 3.98. The normalized spacial score (nSPS) is 20.2. The lowest BCUT2D eigenvalue weighted by molar-refractivity contribution is 0.479. The second-order valence-corrected chi connectivity index (χ2v) is 3.98. The van der Waals surface area contributed by atoms with E-state index in [4.69, 9.17) is 0 Å². The van der Waals surface area contributed by atoms with Crippen LogP contribution in [0, 0.1) is 0 Å². The van der Waals surface area contributed by atoms with Crippen molar-refractivity contribution in [3.63, 3.8) is 0 Å². The Morgan fingerprint density at radius 2 is 2.06 bits per heavy atom. The number of aromatic nitrogens is 4. The number of nitrogens with zero attached hydrogens (tertiary/aromatic N) is 5. The van der Waals surface area contributed by atoms with E-state index in [-0.39, 0.29) is 0 Å². The minimum Gasteiger partial charge on any atom is -0.369 e. The van der Waals surface area contributed by atoms with E-state index in [1.165, 1.54) is 5.69 Å². The first kappa shape index (κ1) is 9.33. The summed E-state index contributed by atoms with van der Waals surface area (Å²) < 4.78 is 1.95. The van der Waals surface area contributed by atoms with Crippen molar-refractivity contribution >= 4 is 5.69 Å². The first-order chi connectivity index (χ1) is 7.93. The molecule has 0 radical (unpaired) electrons. The van der Waals surface area contributed by atoms with E-state index in [1.807, 2.05) is 35.4 Å². The van der Waals surface area contributed by atoms with Crippen molar-refractivity contribution in [1.82, 2.24) is 20.0 Å². The highest BCUT2D eigenvalue weighted by molar-refractivity contribution is 5.45. The van der Waals surface area contributed by atoms with Crippen molar-refractivity contribution in [2.75, 3.05) is 18.0 Å². The van der Waals surface area contributed by atoms with Crippen molar-refractivity contribution in [2.45, 2.75) is 12.5 Å². The maximum Gasteiger partial charge on any atom is 0.0728 e. The lowest BCUT2D eigenvalue weighted by atomic mass is 10.3. The molecule has 3 heterocycles. The van der Waals surface area contributed by atoms with Gasteiger partial charge in [0.15, 0.2) is 0 Å². The molecule has 0 spiro atoms. The Morgan fingerprint density at radius 3 is 2.81 bits per heavy atom. The summed E-state index contributed by atoms with van der Waals surface area (Å²) in [7, 11) is 0. The zero-order valence-electron chi connectivity index (χ0n) is 8.90. The molecule has 1 aliphatic heterocycles. The van der Waals surface area contributed by atoms with Gasteiger partial charge < -0.3 is 4.90 Å². The third kappa shape index (κ3) is 1.64. The lowest BCUT2D eigenvalue weighted by Gasteiger charge is -2.18. The van der Waals surface area contributed by atoms with Crippen LogP contribution in [0.4, 0.5) is 5.69 Å². The molecule has 0 amide bonds. The molecule has 2 aromatic heterocycles. The molecule has 2 aromatic rings. The predicted octanol–water partition coefficient (Wildman–Crippen LogP) is 1.12. The fraction of sp³-hybridized carbons (Fsp3) is 0.364. The number of hydrogen-bond donors (Lipinski definition) is 0. The standard InChI is InChI=1S/C11H13N5/c1-4-12-5-2-10(1)15-7-3-11(9-15)16-8-6-13-14-16/h1-2,4-6,8,11H,3,7,9H2. The molecule has 1 atom stereocenters. The van der Waals surface area contributed by atoms with Gasteiger partial charge in [-0.05, 0) is 18.6 Å². The molecule has 1 aliphatic rings. The van der Waals surface area contributed by atoms with Crippen molar-refractivity contribution in [2.24, 2.45) is 0 Å². The van der Waals surface area contributed by atoms with E-state index >= 15 is 0 Å². The number of pyridine rings is 1. The van der Waals surface area contributed by atoms with Gasteiger partial charge >= 0.3 is 0 Å². The Balaban J connectivity index is 1.74. The van der Waals surface area contributed by atoms with Crippen LogP contribution >= 0.6 is 0 Å². The Labute approximate surface area is 93.7 Å². The van der Waals surface area contributed by atoms with Crippen LogP contribution < -0.4 is 4.90 Å². The minimum atomic E-state index is 0.440. The van der Waals surface area contributed by atoms with E-state index in [0.717, 1.165) is 19.5 Å². The molecule has 16 heavy (non-hydrogen) atoms. The molecule has 82 valence electrons. The van der Waals surface area contributed by atoms with Gasteiger partial charge in [-0.2, -0.15) is 0 Å². The molecule has 5 nitrogen and oxygen atoms in total. The van der Waals surface area contributed by atoms with E-state index in [1.54, 1.807) is 6.20 Å². The van der Waals surface area contributed by atoms with Crippen molar-refractivity contribution < 1.29 is 0 Å². The van der Waals surface area contributed by atoms with E-state index < -0.39 is 0 Å². The topological polar surface area (TPSA) is 46.8 Å². The minimum absolute atomic E-state index is 0.440. The SMILES string of the molecule is c1cc(N2CCC(n3ccnn3)C2)ccn1. The summed E-state index contributed by atoms with van der Waals surface area (Å²) in [4.78, 5) is 6.39. The lowest BCUT2D eigenvalue weighted by Crippen LogP contribution is -2.21. The Morgan fingerprint density at radius 1 is 1.19 bits per heavy atom. The quantitative estimate of drug-likeness (QED) is 0.753. The molecule has 0 aromatic carbocycles. The van der Waals surface area contributed by atoms with E-state index in [2.05, 4.69) is 20.2 Å². The van der Waals surface area contributed by atoms with Crippen LogP contribution in [0.1, 0.15) is 12.5 Å². The number of hydrogen-bond acceptors (Lipinski definition) is 4. The maximum absolute atomic E-state index is 4.05. The summed E-state index contributed by atoms with van der Waals surface area (Å²) in [6.07, 6.45) is 8.44. The summed E-state index contributed by atoms with van der Waals surface area (Å²) >= 11 is 0. The fourth-order valence-corrected chi connectivity index (χ4v) is 2.16. The molecule has 3 rings (SSSR count). The molecule has 1 fully saturated rings. The predicted molar refractivity (Wildman–Crippen MR) is 60.1 cm³/mol. The largest absolute Gasteiger partial charge is 0.369 e. The van der Waals surface area contributed by atoms with Crippen LogP contribution in [-0.4, -0.2) is 33.1 Å². The molecule has 0 saturated carbocycles. The summed E-state index contributed by atoms with van der Waals surface area (Å²) in [5.41, 5.74) is 1.23. The highest BCUT2D eigenvalue weighted by Crippen LogP contribution is 2.25. The molecule has 0 N–H and O–H groups in total. The Kier molecular flexibility index (Phi) is 2.29. The monoisotopic (exact) mass is 215 g/mol. The molecular weight excluding hydrogens is 202 g/mol. The summed E-state index contributed by atoms with van der Waals surface area (Å²) in [6.45, 7) is 2.06. The van der Waals surface area contributed by atoms with Gasteiger partial charge in [0.05, 0.1) is 12.2 Å². The first-order valence-electron chi connectivity index (χ1n) is 5.44. The molecule has 0 aliphatic carbocycles. The molecule has 1 unspecified atom stereocenters. The summed E-state index contributed by atoms with van der Waals surface area (Å²) in [5, 5.41) is 7.90. The van der Waals surface area contributed by atoms with Crippen LogP contribution in [0.3, 0.4) is 0 Å². The van der Waals surface area contributed by atoms with Gasteiger partial charge in [0.1, 0.15) is 0 Å². The first-order valence-corrected chi connectivity index (χ1v) is 5.44. The average molecular weight is 215 g/mol.